The van der Waals surface area contributed by atoms with Gasteiger partial charge in [0.05, 0.1) is 39.9 Å². The number of aromatic nitrogens is 1. The van der Waals surface area contributed by atoms with Crippen LogP contribution in [0.2, 0.25) is 0 Å². The van der Waals surface area contributed by atoms with Crippen LogP contribution in [0.3, 0.4) is 0 Å². The van der Waals surface area contributed by atoms with Crippen molar-refractivity contribution >= 4 is 50.3 Å². The third-order valence-electron chi connectivity index (χ3n) is 10.9. The topological polar surface area (TPSA) is 165 Å². The van der Waals surface area contributed by atoms with E-state index in [9.17, 15) is 23.4 Å². The molecular weight excluding hydrogens is 735 g/mol. The lowest BCUT2D eigenvalue weighted by molar-refractivity contribution is -0.144. The fraction of sp³-hybridized carbons (Fsp3) is 0.476. The largest absolute Gasteiger partial charge is 0.497 e. The summed E-state index contributed by atoms with van der Waals surface area (Å²) in [5, 5.41) is 4.82. The molecule has 3 aromatic rings. The summed E-state index contributed by atoms with van der Waals surface area (Å²) in [6.45, 7) is 5.41. The molecule has 3 fully saturated rings. The van der Waals surface area contributed by atoms with E-state index in [4.69, 9.17) is 19.2 Å². The number of rotatable bonds is 8. The molecule has 1 aliphatic heterocycles. The number of carbonyl (C=O) groups excluding carboxylic acids is 4. The molecule has 0 saturated heterocycles. The molecule has 56 heavy (non-hydrogen) atoms. The third-order valence-corrected chi connectivity index (χ3v) is 13.0. The van der Waals surface area contributed by atoms with E-state index in [2.05, 4.69) is 21.3 Å². The Bertz CT molecular complexity index is 2150. The molecule has 0 radical (unpaired) electrons. The summed E-state index contributed by atoms with van der Waals surface area (Å²) in [6.07, 6.45) is 6.50. The number of amides is 4. The van der Waals surface area contributed by atoms with Crippen molar-refractivity contribution in [2.24, 2.45) is 17.8 Å². The highest BCUT2D eigenvalue weighted by Crippen LogP contribution is 2.47. The Kier molecular flexibility index (Phi) is 10.8. The first-order valence-electron chi connectivity index (χ1n) is 19.3. The SMILES string of the molecule is C=S(=O)(NC(=O)[C@@]12C[C@H]1/C=C\CCCCN(NC(=O)OC(C)(C)C)C(=O)[C@@H]1C[C@H](Oc3cc(-c4ccccc4)nc4cc(OC)ccc34)C[C@H]1C(=O)N2)C1CC1. The van der Waals surface area contributed by atoms with Gasteiger partial charge in [0, 0.05) is 40.8 Å². The summed E-state index contributed by atoms with van der Waals surface area (Å²) < 4.78 is 33.7. The van der Waals surface area contributed by atoms with Gasteiger partial charge in [0.15, 0.2) is 0 Å². The summed E-state index contributed by atoms with van der Waals surface area (Å²) in [7, 11) is -1.31. The Balaban J connectivity index is 1.22. The molecular formula is C42H51N5O8S. The van der Waals surface area contributed by atoms with Crippen molar-refractivity contribution in [1.29, 1.82) is 0 Å². The molecule has 6 atom stereocenters. The van der Waals surface area contributed by atoms with E-state index in [0.29, 0.717) is 48.4 Å². The normalized spacial score (nSPS) is 27.0. The standard InChI is InChI=1S/C42H51N5O8S/c1-41(2,3)55-40(51)45-47-20-12-7-6-11-15-27-25-42(27,39(50)46-56(5,52)30-17-18-30)44-37(48)32-21-29(22-33(32)38(47)49)54-36-24-34(26-13-9-8-10-14-26)43-35-23-28(53-4)16-19-31(35)36/h8-11,13-16,19,23-24,27,29-30,32-33H,5-7,12,17-18,20-22,25H2,1-4H3,(H,44,48)(H,45,51)(H,46,50,52)/b15-11-/t27-,29-,32-,33-,42-,56?/m1/s1. The molecule has 14 heteroatoms. The highest BCUT2D eigenvalue weighted by molar-refractivity contribution is 7.99. The monoisotopic (exact) mass is 785 g/mol. The molecule has 3 aliphatic carbocycles. The molecule has 13 nitrogen and oxygen atoms in total. The van der Waals surface area contributed by atoms with Crippen LogP contribution in [0.15, 0.2) is 66.7 Å². The Labute approximate surface area is 328 Å². The van der Waals surface area contributed by atoms with Gasteiger partial charge in [0.2, 0.25) is 11.8 Å². The van der Waals surface area contributed by atoms with Crippen LogP contribution in [-0.2, 0) is 28.8 Å². The maximum Gasteiger partial charge on any atom is 0.426 e. The van der Waals surface area contributed by atoms with E-state index in [1.165, 1.54) is 5.01 Å². The number of hydrogen-bond donors (Lipinski definition) is 3. The lowest BCUT2D eigenvalue weighted by Gasteiger charge is -2.30. The first-order valence-corrected chi connectivity index (χ1v) is 21.1. The van der Waals surface area contributed by atoms with E-state index < -0.39 is 62.6 Å². The first-order chi connectivity index (χ1) is 26.7. The van der Waals surface area contributed by atoms with Gasteiger partial charge in [0.1, 0.15) is 28.7 Å². The number of fused-ring (bicyclic) bond motifs is 3. The van der Waals surface area contributed by atoms with Crippen LogP contribution in [0.1, 0.15) is 72.1 Å². The molecule has 7 rings (SSSR count). The number of hydrazine groups is 1. The number of hydrogen-bond acceptors (Lipinski definition) is 9. The molecule has 4 aliphatic rings. The Morgan fingerprint density at radius 1 is 1.04 bits per heavy atom. The zero-order chi connectivity index (χ0) is 39.8. The minimum Gasteiger partial charge on any atom is -0.497 e. The van der Waals surface area contributed by atoms with Gasteiger partial charge in [-0.2, -0.15) is 0 Å². The molecule has 1 aromatic heterocycles. The van der Waals surface area contributed by atoms with E-state index in [1.807, 2.05) is 66.7 Å². The predicted octanol–water partition coefficient (Wildman–Crippen LogP) is 5.48. The fourth-order valence-corrected chi connectivity index (χ4v) is 9.25. The van der Waals surface area contributed by atoms with Crippen LogP contribution in [-0.4, -0.2) is 80.0 Å². The first kappa shape index (κ1) is 39.1. The van der Waals surface area contributed by atoms with Crippen molar-refractivity contribution in [3.63, 3.8) is 0 Å². The molecule has 4 amide bonds. The van der Waals surface area contributed by atoms with Gasteiger partial charge in [0.25, 0.3) is 5.91 Å². The van der Waals surface area contributed by atoms with Gasteiger partial charge >= 0.3 is 6.09 Å². The molecule has 1 unspecified atom stereocenters. The van der Waals surface area contributed by atoms with Crippen molar-refractivity contribution < 1.29 is 37.6 Å². The second-order valence-corrected chi connectivity index (χ2v) is 18.7. The molecule has 2 aromatic carbocycles. The molecule has 2 heterocycles. The van der Waals surface area contributed by atoms with Gasteiger partial charge in [-0.25, -0.2) is 19.4 Å². The average Bonchev–Trinajstić information content (AvgIpc) is 4.08. The van der Waals surface area contributed by atoms with Crippen LogP contribution < -0.4 is 24.9 Å². The van der Waals surface area contributed by atoms with Crippen molar-refractivity contribution in [3.05, 3.63) is 66.7 Å². The van der Waals surface area contributed by atoms with Crippen molar-refractivity contribution in [2.45, 2.75) is 94.6 Å². The number of benzene rings is 2. The highest BCUT2D eigenvalue weighted by atomic mass is 32.2. The van der Waals surface area contributed by atoms with Crippen molar-refractivity contribution in [1.82, 2.24) is 25.5 Å². The lowest BCUT2D eigenvalue weighted by Crippen LogP contribution is -2.55. The van der Waals surface area contributed by atoms with Crippen molar-refractivity contribution in [3.8, 4) is 22.8 Å². The Morgan fingerprint density at radius 2 is 1.79 bits per heavy atom. The zero-order valence-corrected chi connectivity index (χ0v) is 33.2. The van der Waals surface area contributed by atoms with Crippen LogP contribution in [0.25, 0.3) is 22.2 Å². The number of carbonyl (C=O) groups is 4. The number of pyridine rings is 1. The smallest absolute Gasteiger partial charge is 0.426 e. The summed E-state index contributed by atoms with van der Waals surface area (Å²) in [6, 6.07) is 17.1. The van der Waals surface area contributed by atoms with E-state index in [0.717, 1.165) is 23.8 Å². The van der Waals surface area contributed by atoms with E-state index >= 15 is 0 Å². The summed E-state index contributed by atoms with van der Waals surface area (Å²) in [4.78, 5) is 61.0. The quantitative estimate of drug-likeness (QED) is 0.198. The molecule has 0 spiro atoms. The van der Waals surface area contributed by atoms with Crippen LogP contribution >= 0.6 is 0 Å². The van der Waals surface area contributed by atoms with Crippen molar-refractivity contribution in [2.75, 3.05) is 13.7 Å². The second kappa shape index (κ2) is 15.4. The van der Waals surface area contributed by atoms with Gasteiger partial charge in [-0.15, -0.1) is 0 Å². The van der Waals surface area contributed by atoms with Crippen LogP contribution in [0, 0.1) is 17.8 Å². The van der Waals surface area contributed by atoms with Gasteiger partial charge in [-0.05, 0) is 90.1 Å². The third kappa shape index (κ3) is 8.64. The predicted molar refractivity (Wildman–Crippen MR) is 214 cm³/mol. The average molecular weight is 786 g/mol. The number of nitrogens with one attached hydrogen (secondary N) is 3. The van der Waals surface area contributed by atoms with E-state index in [-0.39, 0.29) is 30.6 Å². The molecule has 3 saturated carbocycles. The van der Waals surface area contributed by atoms with Gasteiger partial charge in [-0.1, -0.05) is 42.5 Å². The fourth-order valence-electron chi connectivity index (χ4n) is 7.69. The van der Waals surface area contributed by atoms with Crippen LogP contribution in [0.5, 0.6) is 11.5 Å². The lowest BCUT2D eigenvalue weighted by atomic mass is 9.93. The number of methoxy groups -OCH3 is 1. The number of allylic oxidation sites excluding steroid dienone is 1. The minimum absolute atomic E-state index is 0.148. The molecule has 3 N–H and O–H groups in total. The Hall–Kier alpha value is -5.11. The maximum atomic E-state index is 14.6. The van der Waals surface area contributed by atoms with Crippen LogP contribution in [0.4, 0.5) is 4.79 Å². The molecule has 298 valence electrons. The summed E-state index contributed by atoms with van der Waals surface area (Å²) >= 11 is 0. The summed E-state index contributed by atoms with van der Waals surface area (Å²) in [5.74, 6) is 1.34. The number of nitrogens with zero attached hydrogens (tertiary/aromatic N) is 2. The minimum atomic E-state index is -2.89. The Morgan fingerprint density at radius 3 is 2.50 bits per heavy atom. The molecule has 0 bridgehead atoms. The van der Waals surface area contributed by atoms with Gasteiger partial charge < -0.3 is 19.5 Å². The van der Waals surface area contributed by atoms with E-state index in [1.54, 1.807) is 27.9 Å². The second-order valence-electron chi connectivity index (χ2n) is 16.3. The number of ether oxygens (including phenoxy) is 3. The van der Waals surface area contributed by atoms with Gasteiger partial charge in [-0.3, -0.25) is 24.1 Å². The summed E-state index contributed by atoms with van der Waals surface area (Å²) in [5.41, 5.74) is 2.71. The zero-order valence-electron chi connectivity index (χ0n) is 32.4. The highest BCUT2D eigenvalue weighted by Gasteiger charge is 2.62. The maximum absolute atomic E-state index is 14.6.